The van der Waals surface area contributed by atoms with Gasteiger partial charge in [-0.15, -0.1) is 0 Å². The molecule has 0 amide bonds. The van der Waals surface area contributed by atoms with Gasteiger partial charge in [0.05, 0.1) is 0 Å². The third-order valence-corrected chi connectivity index (χ3v) is 6.46. The summed E-state index contributed by atoms with van der Waals surface area (Å²) >= 11 is 1.82. The molecule has 2 fully saturated rings. The number of thioether (sulfide) groups is 1. The second-order valence-corrected chi connectivity index (χ2v) is 7.81. The van der Waals surface area contributed by atoms with E-state index in [0.29, 0.717) is 6.54 Å². The van der Waals surface area contributed by atoms with Crippen LogP contribution in [0, 0.1) is 0 Å². The van der Waals surface area contributed by atoms with E-state index < -0.39 is 10.2 Å². The number of nitrogens with zero attached hydrogens (tertiary/aromatic N) is 1. The van der Waals surface area contributed by atoms with Crippen molar-refractivity contribution in [3.05, 3.63) is 0 Å². The monoisotopic (exact) mass is 293 g/mol. The topological polar surface area (TPSA) is 61.4 Å². The molecule has 0 aromatic rings. The van der Waals surface area contributed by atoms with Gasteiger partial charge in [0.1, 0.15) is 0 Å². The van der Waals surface area contributed by atoms with Crippen molar-refractivity contribution in [1.82, 2.24) is 14.3 Å². The van der Waals surface area contributed by atoms with Crippen LogP contribution in [-0.2, 0) is 10.2 Å². The van der Waals surface area contributed by atoms with Crippen molar-refractivity contribution in [3.8, 4) is 0 Å². The molecule has 0 aromatic carbocycles. The molecule has 2 aliphatic heterocycles. The Morgan fingerprint density at radius 1 is 1.33 bits per heavy atom. The Balaban J connectivity index is 2.01. The molecule has 5 nitrogen and oxygen atoms in total. The van der Waals surface area contributed by atoms with Gasteiger partial charge in [0.15, 0.2) is 0 Å². The highest BCUT2D eigenvalue weighted by atomic mass is 32.2. The molecule has 18 heavy (non-hydrogen) atoms. The fourth-order valence-electron chi connectivity index (χ4n) is 2.64. The number of likely N-dealkylation sites (N-methyl/N-ethyl adjacent to an activating group) is 1. The molecule has 0 saturated carbocycles. The van der Waals surface area contributed by atoms with Gasteiger partial charge in [0.25, 0.3) is 10.2 Å². The molecule has 2 unspecified atom stereocenters. The maximum atomic E-state index is 12.4. The zero-order chi connectivity index (χ0) is 13.0. The molecule has 7 heteroatoms. The SMILES string of the molecule is CNCC1CCCCN1S(=O)(=O)NC1CCSC1. The summed E-state index contributed by atoms with van der Waals surface area (Å²) < 4.78 is 29.3. The van der Waals surface area contributed by atoms with E-state index in [0.717, 1.165) is 43.7 Å². The zero-order valence-electron chi connectivity index (χ0n) is 10.9. The molecule has 2 saturated heterocycles. The largest absolute Gasteiger partial charge is 0.318 e. The van der Waals surface area contributed by atoms with E-state index in [1.54, 1.807) is 4.31 Å². The molecule has 106 valence electrons. The van der Waals surface area contributed by atoms with Crippen LogP contribution in [0.5, 0.6) is 0 Å². The molecule has 2 N–H and O–H groups in total. The summed E-state index contributed by atoms with van der Waals surface area (Å²) in [6.45, 7) is 1.39. The van der Waals surface area contributed by atoms with Crippen LogP contribution < -0.4 is 10.0 Å². The first-order valence-electron chi connectivity index (χ1n) is 6.65. The van der Waals surface area contributed by atoms with Crippen LogP contribution in [0.15, 0.2) is 0 Å². The van der Waals surface area contributed by atoms with Crippen molar-refractivity contribution < 1.29 is 8.42 Å². The fraction of sp³-hybridized carbons (Fsp3) is 1.00. The van der Waals surface area contributed by atoms with Crippen LogP contribution in [-0.4, -0.2) is 56.4 Å². The van der Waals surface area contributed by atoms with Crippen molar-refractivity contribution >= 4 is 22.0 Å². The second-order valence-electron chi connectivity index (χ2n) is 5.00. The minimum absolute atomic E-state index is 0.107. The third kappa shape index (κ3) is 3.60. The lowest BCUT2D eigenvalue weighted by atomic mass is 10.1. The van der Waals surface area contributed by atoms with Crippen LogP contribution in [0.25, 0.3) is 0 Å². The number of nitrogens with one attached hydrogen (secondary N) is 2. The van der Waals surface area contributed by atoms with E-state index in [-0.39, 0.29) is 12.1 Å². The zero-order valence-corrected chi connectivity index (χ0v) is 12.5. The van der Waals surface area contributed by atoms with Crippen molar-refractivity contribution in [1.29, 1.82) is 0 Å². The molecule has 0 bridgehead atoms. The molecular weight excluding hydrogens is 270 g/mol. The second kappa shape index (κ2) is 6.56. The Labute approximate surface area is 114 Å². The molecule has 2 heterocycles. The molecule has 2 aliphatic rings. The molecule has 0 aromatic heterocycles. The summed E-state index contributed by atoms with van der Waals surface area (Å²) in [6, 6.07) is 0.229. The van der Waals surface area contributed by atoms with Gasteiger partial charge in [-0.1, -0.05) is 6.42 Å². The van der Waals surface area contributed by atoms with Crippen molar-refractivity contribution in [2.45, 2.75) is 37.8 Å². The molecule has 0 aliphatic carbocycles. The van der Waals surface area contributed by atoms with Gasteiger partial charge in [-0.3, -0.25) is 0 Å². The number of hydrogen-bond donors (Lipinski definition) is 2. The Morgan fingerprint density at radius 2 is 2.17 bits per heavy atom. The standard InChI is InChI=1S/C11H23N3O2S2/c1-12-8-11-4-2-3-6-14(11)18(15,16)13-10-5-7-17-9-10/h10-13H,2-9H2,1H3. The summed E-state index contributed by atoms with van der Waals surface area (Å²) in [5.41, 5.74) is 0. The van der Waals surface area contributed by atoms with Crippen LogP contribution in [0.1, 0.15) is 25.7 Å². The van der Waals surface area contributed by atoms with Gasteiger partial charge in [-0.05, 0) is 32.1 Å². The van der Waals surface area contributed by atoms with Crippen molar-refractivity contribution in [3.63, 3.8) is 0 Å². The van der Waals surface area contributed by atoms with Gasteiger partial charge >= 0.3 is 0 Å². The van der Waals surface area contributed by atoms with Gasteiger partial charge < -0.3 is 5.32 Å². The third-order valence-electron chi connectivity index (χ3n) is 3.57. The molecule has 2 atom stereocenters. The van der Waals surface area contributed by atoms with E-state index in [2.05, 4.69) is 10.0 Å². The smallest absolute Gasteiger partial charge is 0.280 e. The van der Waals surface area contributed by atoms with Gasteiger partial charge in [-0.2, -0.15) is 29.2 Å². The number of rotatable bonds is 5. The quantitative estimate of drug-likeness (QED) is 0.770. The van der Waals surface area contributed by atoms with Crippen LogP contribution >= 0.6 is 11.8 Å². The highest BCUT2D eigenvalue weighted by Gasteiger charge is 2.33. The molecule has 2 rings (SSSR count). The lowest BCUT2D eigenvalue weighted by molar-refractivity contribution is 0.245. The first-order chi connectivity index (χ1) is 8.63. The van der Waals surface area contributed by atoms with E-state index in [1.807, 2.05) is 18.8 Å². The Bertz CT molecular complexity index is 353. The highest BCUT2D eigenvalue weighted by Crippen LogP contribution is 2.22. The van der Waals surface area contributed by atoms with Crippen LogP contribution in [0.4, 0.5) is 0 Å². The minimum atomic E-state index is -3.31. The maximum absolute atomic E-state index is 12.4. The maximum Gasteiger partial charge on any atom is 0.280 e. The first-order valence-corrected chi connectivity index (χ1v) is 9.24. The average molecular weight is 293 g/mol. The van der Waals surface area contributed by atoms with Crippen molar-refractivity contribution in [2.24, 2.45) is 0 Å². The fourth-order valence-corrected chi connectivity index (χ4v) is 5.59. The van der Waals surface area contributed by atoms with E-state index in [9.17, 15) is 8.42 Å². The summed E-state index contributed by atoms with van der Waals surface area (Å²) in [7, 11) is -1.43. The summed E-state index contributed by atoms with van der Waals surface area (Å²) in [4.78, 5) is 0. The van der Waals surface area contributed by atoms with Crippen LogP contribution in [0.3, 0.4) is 0 Å². The lowest BCUT2D eigenvalue weighted by Crippen LogP contribution is -2.54. The Kier molecular flexibility index (Phi) is 5.32. The molecule has 0 spiro atoms. The van der Waals surface area contributed by atoms with Gasteiger partial charge in [0.2, 0.25) is 0 Å². The van der Waals surface area contributed by atoms with Crippen LogP contribution in [0.2, 0.25) is 0 Å². The van der Waals surface area contributed by atoms with E-state index in [4.69, 9.17) is 0 Å². The lowest BCUT2D eigenvalue weighted by Gasteiger charge is -2.35. The average Bonchev–Trinajstić information content (AvgIpc) is 2.82. The Morgan fingerprint density at radius 3 is 2.83 bits per heavy atom. The first kappa shape index (κ1) is 14.6. The van der Waals surface area contributed by atoms with Crippen molar-refractivity contribution in [2.75, 3.05) is 31.6 Å². The number of hydrogen-bond acceptors (Lipinski definition) is 4. The summed E-state index contributed by atoms with van der Waals surface area (Å²) in [5.74, 6) is 1.97. The minimum Gasteiger partial charge on any atom is -0.318 e. The number of piperidine rings is 1. The van der Waals surface area contributed by atoms with E-state index in [1.165, 1.54) is 0 Å². The predicted molar refractivity (Wildman–Crippen MR) is 76.1 cm³/mol. The summed E-state index contributed by atoms with van der Waals surface area (Å²) in [5, 5.41) is 3.10. The normalized spacial score (nSPS) is 30.7. The van der Waals surface area contributed by atoms with E-state index >= 15 is 0 Å². The molecular formula is C11H23N3O2S2. The highest BCUT2D eigenvalue weighted by molar-refractivity contribution is 7.99. The Hall–Kier alpha value is 0.180. The van der Waals surface area contributed by atoms with Gasteiger partial charge in [-0.25, -0.2) is 0 Å². The molecule has 0 radical (unpaired) electrons. The predicted octanol–water partition coefficient (Wildman–Crippen LogP) is 0.400. The summed E-state index contributed by atoms with van der Waals surface area (Å²) in [6.07, 6.45) is 4.01. The van der Waals surface area contributed by atoms with Gasteiger partial charge in [0, 0.05) is 30.9 Å².